The Labute approximate surface area is 189 Å². The van der Waals surface area contributed by atoms with Crippen LogP contribution in [0.15, 0.2) is 42.6 Å². The number of anilines is 2. The molecule has 1 aromatic carbocycles. The molecule has 3 atom stereocenters. The van der Waals surface area contributed by atoms with Gasteiger partial charge in [0.1, 0.15) is 10.8 Å². The first-order valence-corrected chi connectivity index (χ1v) is 11.9. The minimum Gasteiger partial charge on any atom is -0.359 e. The van der Waals surface area contributed by atoms with Crippen molar-refractivity contribution < 1.29 is 4.39 Å². The zero-order valence-corrected chi connectivity index (χ0v) is 18.8. The largest absolute Gasteiger partial charge is 0.359 e. The number of nitrogens with zero attached hydrogens (tertiary/aromatic N) is 6. The lowest BCUT2D eigenvalue weighted by Crippen LogP contribution is -2.41. The molecule has 162 valence electrons. The number of benzene rings is 1. The molecule has 3 aliphatic rings. The van der Waals surface area contributed by atoms with Crippen molar-refractivity contribution in [3.8, 4) is 11.1 Å². The van der Waals surface area contributed by atoms with E-state index in [4.69, 9.17) is 10.1 Å². The smallest absolute Gasteiger partial charge is 0.246 e. The SMILES string of the molecule is Cc1cc(N2C[C@@H]3CC[C@]4(C2)[C@H]3N4c2nc3c(-c4ccc(F)cc4C)cccn3n2)sn1. The molecule has 0 radical (unpaired) electrons. The number of piperidine rings is 2. The highest BCUT2D eigenvalue weighted by atomic mass is 32.1. The van der Waals surface area contributed by atoms with Crippen LogP contribution in [0.3, 0.4) is 0 Å². The van der Waals surface area contributed by atoms with E-state index in [0.29, 0.717) is 12.0 Å². The zero-order chi connectivity index (χ0) is 21.6. The molecule has 1 saturated carbocycles. The Hall–Kier alpha value is -3.00. The number of aryl methyl sites for hydroxylation is 2. The van der Waals surface area contributed by atoms with Gasteiger partial charge in [0.2, 0.25) is 5.95 Å². The van der Waals surface area contributed by atoms with Crippen molar-refractivity contribution in [1.82, 2.24) is 19.0 Å². The molecule has 8 heteroatoms. The van der Waals surface area contributed by atoms with Gasteiger partial charge < -0.3 is 9.80 Å². The van der Waals surface area contributed by atoms with Crippen LogP contribution in [0.2, 0.25) is 0 Å². The Balaban J connectivity index is 1.27. The second-order valence-electron chi connectivity index (χ2n) is 9.47. The van der Waals surface area contributed by atoms with Gasteiger partial charge in [-0.1, -0.05) is 6.07 Å². The van der Waals surface area contributed by atoms with Gasteiger partial charge in [-0.25, -0.2) is 8.91 Å². The number of hydrogen-bond acceptors (Lipinski definition) is 6. The zero-order valence-electron chi connectivity index (χ0n) is 18.0. The molecule has 4 aromatic rings. The molecule has 1 aliphatic carbocycles. The molecule has 0 N–H and O–H groups in total. The number of halogens is 1. The van der Waals surface area contributed by atoms with E-state index in [1.165, 1.54) is 23.9 Å². The van der Waals surface area contributed by atoms with Crippen molar-refractivity contribution in [2.45, 2.75) is 38.3 Å². The maximum absolute atomic E-state index is 13.7. The van der Waals surface area contributed by atoms with Gasteiger partial charge in [0, 0.05) is 24.8 Å². The first-order valence-electron chi connectivity index (χ1n) is 11.1. The topological polar surface area (TPSA) is 49.3 Å². The van der Waals surface area contributed by atoms with Crippen molar-refractivity contribution in [3.05, 3.63) is 59.7 Å². The van der Waals surface area contributed by atoms with E-state index in [2.05, 4.69) is 27.2 Å². The lowest BCUT2D eigenvalue weighted by atomic mass is 9.99. The van der Waals surface area contributed by atoms with Crippen molar-refractivity contribution in [2.75, 3.05) is 22.9 Å². The molecule has 7 rings (SSSR count). The number of aromatic nitrogens is 4. The Morgan fingerprint density at radius 2 is 2.06 bits per heavy atom. The Kier molecular flexibility index (Phi) is 3.64. The van der Waals surface area contributed by atoms with Crippen molar-refractivity contribution in [1.29, 1.82) is 0 Å². The van der Waals surface area contributed by atoms with Gasteiger partial charge in [-0.05, 0) is 85.6 Å². The van der Waals surface area contributed by atoms with Crippen LogP contribution in [0.25, 0.3) is 16.8 Å². The van der Waals surface area contributed by atoms with Crippen LogP contribution in [0.1, 0.15) is 24.1 Å². The Bertz CT molecular complexity index is 1380. The summed E-state index contributed by atoms with van der Waals surface area (Å²) in [5, 5.41) is 6.15. The first kappa shape index (κ1) is 18.6. The van der Waals surface area contributed by atoms with Crippen molar-refractivity contribution in [2.24, 2.45) is 5.92 Å². The molecule has 2 aliphatic heterocycles. The van der Waals surface area contributed by atoms with Crippen LogP contribution >= 0.6 is 11.5 Å². The lowest BCUT2D eigenvalue weighted by Gasteiger charge is -2.29. The van der Waals surface area contributed by atoms with Crippen LogP contribution in [-0.2, 0) is 0 Å². The van der Waals surface area contributed by atoms with E-state index in [1.807, 2.05) is 35.8 Å². The highest BCUT2D eigenvalue weighted by Crippen LogP contribution is 2.60. The summed E-state index contributed by atoms with van der Waals surface area (Å²) in [4.78, 5) is 9.99. The van der Waals surface area contributed by atoms with Gasteiger partial charge in [-0.3, -0.25) is 0 Å². The Morgan fingerprint density at radius 1 is 1.16 bits per heavy atom. The van der Waals surface area contributed by atoms with Gasteiger partial charge in [0.15, 0.2) is 5.65 Å². The fourth-order valence-corrected chi connectivity index (χ4v) is 6.92. The van der Waals surface area contributed by atoms with Crippen LogP contribution in [0, 0.1) is 25.6 Å². The summed E-state index contributed by atoms with van der Waals surface area (Å²) in [7, 11) is 0. The summed E-state index contributed by atoms with van der Waals surface area (Å²) < 4.78 is 20.0. The van der Waals surface area contributed by atoms with E-state index in [9.17, 15) is 4.39 Å². The highest BCUT2D eigenvalue weighted by Gasteiger charge is 2.73. The van der Waals surface area contributed by atoms with Gasteiger partial charge in [-0.2, -0.15) is 9.36 Å². The minimum absolute atomic E-state index is 0.137. The standard InChI is InChI=1S/C24H23FN6S/c1-14-10-17(25)5-6-18(14)19-4-3-9-30-22(19)26-23(27-30)31-21-16-7-8-24(21,31)13-29(12-16)20-11-15(2)28-32-20/h3-6,9-11,16,21H,7-8,12-13H2,1-2H3/t16-,21-,24-,31?/m0/s1. The summed E-state index contributed by atoms with van der Waals surface area (Å²) in [6.45, 7) is 6.09. The molecule has 0 spiro atoms. The van der Waals surface area contributed by atoms with Crippen molar-refractivity contribution >= 4 is 28.1 Å². The highest BCUT2D eigenvalue weighted by molar-refractivity contribution is 7.10. The molecule has 2 saturated heterocycles. The van der Waals surface area contributed by atoms with E-state index in [1.54, 1.807) is 17.6 Å². The van der Waals surface area contributed by atoms with Crippen LogP contribution < -0.4 is 9.80 Å². The van der Waals surface area contributed by atoms with Gasteiger partial charge in [-0.15, -0.1) is 5.10 Å². The lowest BCUT2D eigenvalue weighted by molar-refractivity contribution is 0.505. The van der Waals surface area contributed by atoms with Gasteiger partial charge in [0.05, 0.1) is 17.3 Å². The molecule has 0 unspecified atom stereocenters. The molecular weight excluding hydrogens is 423 g/mol. The molecule has 3 fully saturated rings. The average molecular weight is 447 g/mol. The summed E-state index contributed by atoms with van der Waals surface area (Å²) in [6, 6.07) is 11.7. The third kappa shape index (κ3) is 2.47. The fourth-order valence-electron chi connectivity index (χ4n) is 6.15. The predicted octanol–water partition coefficient (Wildman–Crippen LogP) is 4.47. The first-order chi connectivity index (χ1) is 15.5. The Morgan fingerprint density at radius 3 is 2.88 bits per heavy atom. The number of fused-ring (bicyclic) bond motifs is 1. The van der Waals surface area contributed by atoms with E-state index in [-0.39, 0.29) is 11.4 Å². The average Bonchev–Trinajstić information content (AvgIpc) is 3.05. The van der Waals surface area contributed by atoms with Gasteiger partial charge in [0.25, 0.3) is 0 Å². The van der Waals surface area contributed by atoms with Crippen LogP contribution in [0.4, 0.5) is 15.3 Å². The molecule has 6 nitrogen and oxygen atoms in total. The maximum atomic E-state index is 13.7. The third-order valence-corrected chi connectivity index (χ3v) is 8.47. The molecule has 5 heterocycles. The second kappa shape index (κ2) is 6.28. The normalized spacial score (nSPS) is 26.1. The molecule has 2 bridgehead atoms. The second-order valence-corrected chi connectivity index (χ2v) is 10.2. The van der Waals surface area contributed by atoms with Crippen LogP contribution in [0.5, 0.6) is 0 Å². The summed E-state index contributed by atoms with van der Waals surface area (Å²) >= 11 is 1.60. The summed E-state index contributed by atoms with van der Waals surface area (Å²) in [5.41, 5.74) is 4.93. The van der Waals surface area contributed by atoms with Crippen LogP contribution in [-0.4, -0.2) is 43.6 Å². The molecule has 3 aromatic heterocycles. The predicted molar refractivity (Wildman–Crippen MR) is 124 cm³/mol. The summed E-state index contributed by atoms with van der Waals surface area (Å²) in [5.74, 6) is 1.23. The number of hydrogen-bond donors (Lipinski definition) is 0. The minimum atomic E-state index is -0.218. The molecule has 32 heavy (non-hydrogen) atoms. The van der Waals surface area contributed by atoms with E-state index < -0.39 is 0 Å². The molecular formula is C24H23FN6S. The van der Waals surface area contributed by atoms with E-state index in [0.717, 1.165) is 47.1 Å². The monoisotopic (exact) mass is 446 g/mol. The third-order valence-electron chi connectivity index (χ3n) is 7.53. The molecule has 0 amide bonds. The maximum Gasteiger partial charge on any atom is 0.246 e. The number of rotatable bonds is 3. The quantitative estimate of drug-likeness (QED) is 0.435. The summed E-state index contributed by atoms with van der Waals surface area (Å²) in [6.07, 6.45) is 4.41. The number of pyridine rings is 1. The van der Waals surface area contributed by atoms with Crippen molar-refractivity contribution in [3.63, 3.8) is 0 Å². The van der Waals surface area contributed by atoms with Gasteiger partial charge >= 0.3 is 0 Å². The van der Waals surface area contributed by atoms with E-state index >= 15 is 0 Å². The fraction of sp³-hybridized carbons (Fsp3) is 0.375.